The van der Waals surface area contributed by atoms with Crippen molar-refractivity contribution in [3.8, 4) is 11.5 Å². The van der Waals surface area contributed by atoms with Crippen LogP contribution in [0, 0.1) is 0 Å². The lowest BCUT2D eigenvalue weighted by Gasteiger charge is -2.49. The van der Waals surface area contributed by atoms with E-state index in [2.05, 4.69) is 59.5 Å². The van der Waals surface area contributed by atoms with Crippen LogP contribution in [0.3, 0.4) is 0 Å². The van der Waals surface area contributed by atoms with E-state index in [1.807, 2.05) is 60.7 Å². The summed E-state index contributed by atoms with van der Waals surface area (Å²) in [5, 5.41) is 21.1. The molecule has 5 aromatic carbocycles. The molecule has 4 nitrogen and oxygen atoms in total. The summed E-state index contributed by atoms with van der Waals surface area (Å²) in [6.45, 7) is 0. The molecular weight excluding hydrogens is 445 g/mol. The summed E-state index contributed by atoms with van der Waals surface area (Å²) in [5.74, 6) is 1.38. The van der Waals surface area contributed by atoms with Gasteiger partial charge in [0, 0.05) is 16.8 Å². The summed E-state index contributed by atoms with van der Waals surface area (Å²) in [6.07, 6.45) is 0. The molecule has 172 valence electrons. The van der Waals surface area contributed by atoms with Crippen LogP contribution in [0.2, 0.25) is 0 Å². The van der Waals surface area contributed by atoms with Gasteiger partial charge in [-0.05, 0) is 53.0 Å². The van der Waals surface area contributed by atoms with E-state index in [9.17, 15) is 10.0 Å². The summed E-state index contributed by atoms with van der Waals surface area (Å²) >= 11 is 0. The van der Waals surface area contributed by atoms with Gasteiger partial charge in [0.1, 0.15) is 11.5 Å². The van der Waals surface area contributed by atoms with Gasteiger partial charge in [0.2, 0.25) is 0 Å². The molecule has 0 bridgehead atoms. The lowest BCUT2D eigenvalue weighted by Crippen LogP contribution is -2.46. The number of rotatable bonds is 2. The Morgan fingerprint density at radius 1 is 0.556 bits per heavy atom. The Balaban J connectivity index is 1.69. The van der Waals surface area contributed by atoms with Gasteiger partial charge in [-0.2, -0.15) is 0 Å². The third kappa shape index (κ3) is 2.72. The molecule has 2 heterocycles. The Hall–Kier alpha value is -4.32. The second-order valence-electron chi connectivity index (χ2n) is 9.15. The Morgan fingerprint density at radius 2 is 1.11 bits per heavy atom. The molecular formula is C31H22BNO3. The fourth-order valence-electron chi connectivity index (χ4n) is 6.03. The highest BCUT2D eigenvalue weighted by Gasteiger charge is 2.52. The maximum atomic E-state index is 10.6. The van der Waals surface area contributed by atoms with Gasteiger partial charge in [-0.15, -0.1) is 0 Å². The predicted octanol–water partition coefficient (Wildman–Crippen LogP) is 5.64. The van der Waals surface area contributed by atoms with Crippen LogP contribution >= 0.6 is 0 Å². The first-order valence-corrected chi connectivity index (χ1v) is 12.0. The molecule has 0 atom stereocenters. The fraction of sp³-hybridized carbons (Fsp3) is 0.0323. The molecule has 0 saturated carbocycles. The molecule has 0 unspecified atom stereocenters. The van der Waals surface area contributed by atoms with Crippen molar-refractivity contribution in [3.63, 3.8) is 0 Å². The quantitative estimate of drug-likeness (QED) is 0.323. The molecule has 36 heavy (non-hydrogen) atoms. The number of para-hydroxylation sites is 4. The summed E-state index contributed by atoms with van der Waals surface area (Å²) in [4.78, 5) is 2.28. The molecule has 0 fully saturated rings. The summed E-state index contributed by atoms with van der Waals surface area (Å²) in [6, 6.07) is 40.7. The molecule has 1 spiro atoms. The van der Waals surface area contributed by atoms with Gasteiger partial charge in [-0.25, -0.2) is 0 Å². The van der Waals surface area contributed by atoms with Crippen molar-refractivity contribution in [3.05, 3.63) is 144 Å². The molecule has 0 radical (unpaired) electrons. The lowest BCUT2D eigenvalue weighted by atomic mass is 9.57. The molecule has 5 heteroatoms. The predicted molar refractivity (Wildman–Crippen MR) is 143 cm³/mol. The van der Waals surface area contributed by atoms with E-state index in [1.54, 1.807) is 6.07 Å². The van der Waals surface area contributed by atoms with E-state index in [4.69, 9.17) is 4.74 Å². The third-order valence-corrected chi connectivity index (χ3v) is 7.33. The van der Waals surface area contributed by atoms with E-state index < -0.39 is 12.5 Å². The largest absolute Gasteiger partial charge is 0.488 e. The van der Waals surface area contributed by atoms with Crippen LogP contribution in [0.5, 0.6) is 11.5 Å². The zero-order valence-electron chi connectivity index (χ0n) is 19.4. The SMILES string of the molecule is OB(O)c1cccc2c1C1(c3ccccc3O2)c2ccccc2N(c2ccccc2)c2ccccc21. The standard InChI is InChI=1S/C31H22BNO3/c34-32(35)25-16-10-20-29-30(25)31(24-15-6-9-19-28(24)36-29)22-13-4-7-17-26(22)33(21-11-2-1-3-12-21)27-18-8-5-14-23(27)31/h1-20,34-35H. The summed E-state index contributed by atoms with van der Waals surface area (Å²) in [5.41, 5.74) is 6.57. The minimum absolute atomic E-state index is 0.430. The Labute approximate surface area is 209 Å². The summed E-state index contributed by atoms with van der Waals surface area (Å²) in [7, 11) is -1.66. The molecule has 5 aromatic rings. The van der Waals surface area contributed by atoms with E-state index in [0.29, 0.717) is 11.2 Å². The monoisotopic (exact) mass is 467 g/mol. The van der Waals surface area contributed by atoms with Crippen molar-refractivity contribution in [2.24, 2.45) is 0 Å². The first-order valence-electron chi connectivity index (χ1n) is 12.0. The van der Waals surface area contributed by atoms with Crippen LogP contribution in [0.25, 0.3) is 0 Å². The Morgan fingerprint density at radius 3 is 1.78 bits per heavy atom. The van der Waals surface area contributed by atoms with Crippen LogP contribution in [-0.4, -0.2) is 17.2 Å². The number of nitrogens with zero attached hydrogens (tertiary/aromatic N) is 1. The highest BCUT2D eigenvalue weighted by Crippen LogP contribution is 2.62. The van der Waals surface area contributed by atoms with Crippen molar-refractivity contribution in [1.29, 1.82) is 0 Å². The Kier molecular flexibility index (Phi) is 4.58. The zero-order chi connectivity index (χ0) is 24.3. The lowest BCUT2D eigenvalue weighted by molar-refractivity contribution is 0.417. The number of anilines is 3. The maximum Gasteiger partial charge on any atom is 0.488 e. The van der Waals surface area contributed by atoms with E-state index >= 15 is 0 Å². The number of ether oxygens (including phenoxy) is 1. The van der Waals surface area contributed by atoms with Gasteiger partial charge < -0.3 is 19.7 Å². The molecule has 0 amide bonds. The molecule has 0 aromatic heterocycles. The van der Waals surface area contributed by atoms with Crippen molar-refractivity contribution >= 4 is 29.6 Å². The molecule has 7 rings (SSSR count). The number of hydrogen-bond donors (Lipinski definition) is 2. The number of benzene rings is 5. The number of fused-ring (bicyclic) bond motifs is 8. The topological polar surface area (TPSA) is 52.9 Å². The van der Waals surface area contributed by atoms with Gasteiger partial charge >= 0.3 is 7.12 Å². The average Bonchev–Trinajstić information content (AvgIpc) is 2.93. The third-order valence-electron chi connectivity index (χ3n) is 7.33. The second kappa shape index (κ2) is 7.85. The minimum Gasteiger partial charge on any atom is -0.457 e. The summed E-state index contributed by atoms with van der Waals surface area (Å²) < 4.78 is 6.40. The highest BCUT2D eigenvalue weighted by molar-refractivity contribution is 6.59. The Bertz CT molecular complexity index is 1570. The minimum atomic E-state index is -1.66. The maximum absolute atomic E-state index is 10.6. The molecule has 2 aliphatic heterocycles. The van der Waals surface area contributed by atoms with E-state index in [1.165, 1.54) is 0 Å². The molecule has 0 saturated heterocycles. The van der Waals surface area contributed by atoms with E-state index in [-0.39, 0.29) is 0 Å². The zero-order valence-corrected chi connectivity index (χ0v) is 19.4. The first-order chi connectivity index (χ1) is 17.7. The van der Waals surface area contributed by atoms with Crippen molar-refractivity contribution in [2.45, 2.75) is 5.41 Å². The van der Waals surface area contributed by atoms with E-state index in [0.717, 1.165) is 45.1 Å². The second-order valence-corrected chi connectivity index (χ2v) is 9.15. The van der Waals surface area contributed by atoms with Gasteiger partial charge in [-0.1, -0.05) is 84.9 Å². The molecule has 0 aliphatic carbocycles. The van der Waals surface area contributed by atoms with Crippen molar-refractivity contribution < 1.29 is 14.8 Å². The first kappa shape index (κ1) is 21.0. The van der Waals surface area contributed by atoms with Crippen LogP contribution in [0.4, 0.5) is 17.1 Å². The van der Waals surface area contributed by atoms with Crippen LogP contribution in [-0.2, 0) is 5.41 Å². The van der Waals surface area contributed by atoms with Crippen molar-refractivity contribution in [1.82, 2.24) is 0 Å². The average molecular weight is 467 g/mol. The van der Waals surface area contributed by atoms with Gasteiger partial charge in [0.15, 0.2) is 0 Å². The molecule has 2 aliphatic rings. The molecule has 2 N–H and O–H groups in total. The van der Waals surface area contributed by atoms with Gasteiger partial charge in [0.05, 0.1) is 16.8 Å². The van der Waals surface area contributed by atoms with Gasteiger partial charge in [0.25, 0.3) is 0 Å². The smallest absolute Gasteiger partial charge is 0.457 e. The van der Waals surface area contributed by atoms with Crippen LogP contribution in [0.15, 0.2) is 121 Å². The normalized spacial score (nSPS) is 14.2. The highest BCUT2D eigenvalue weighted by atomic mass is 16.5. The van der Waals surface area contributed by atoms with Crippen LogP contribution < -0.4 is 15.1 Å². The fourth-order valence-corrected chi connectivity index (χ4v) is 6.03. The van der Waals surface area contributed by atoms with Gasteiger partial charge in [-0.3, -0.25) is 0 Å². The van der Waals surface area contributed by atoms with Crippen molar-refractivity contribution in [2.75, 3.05) is 4.90 Å². The van der Waals surface area contributed by atoms with Crippen LogP contribution in [0.1, 0.15) is 22.3 Å². The number of hydrogen-bond acceptors (Lipinski definition) is 4.